The van der Waals surface area contributed by atoms with Crippen LogP contribution in [-0.2, 0) is 4.74 Å². The summed E-state index contributed by atoms with van der Waals surface area (Å²) in [6, 6.07) is 1.47. The minimum atomic E-state index is -0.509. The lowest BCUT2D eigenvalue weighted by molar-refractivity contribution is 0.0593. The number of hydrogen-bond donors (Lipinski definition) is 0. The Balaban J connectivity index is 3.13. The summed E-state index contributed by atoms with van der Waals surface area (Å²) in [5.74, 6) is -0.0547. The summed E-state index contributed by atoms with van der Waals surface area (Å²) >= 11 is 0. The number of aromatic nitrogens is 2. The number of rotatable bonds is 3. The zero-order chi connectivity index (χ0) is 9.84. The Morgan fingerprint density at radius 3 is 2.92 bits per heavy atom. The molecule has 0 aliphatic carbocycles. The molecule has 0 aliphatic heterocycles. The summed E-state index contributed by atoms with van der Waals surface area (Å²) in [7, 11) is 1.29. The molecular weight excluding hydrogens is 170 g/mol. The average Bonchev–Trinajstić information content (AvgIpc) is 2.59. The lowest BCUT2D eigenvalue weighted by atomic mass is 10.4. The van der Waals surface area contributed by atoms with Crippen LogP contribution in [-0.4, -0.2) is 29.6 Å². The van der Waals surface area contributed by atoms with Gasteiger partial charge >= 0.3 is 5.97 Å². The van der Waals surface area contributed by atoms with Gasteiger partial charge in [-0.25, -0.2) is 14.5 Å². The lowest BCUT2D eigenvalue weighted by Crippen LogP contribution is -2.02. The van der Waals surface area contributed by atoms with Gasteiger partial charge in [0.15, 0.2) is 11.5 Å². The standard InChI is InChI=1S/C8H9N3O2/c1-4-11-7(9-2)5-6(10-11)8(12)13-3/h4-5H,1-2H2,3H3. The molecule has 0 spiro atoms. The Morgan fingerprint density at radius 1 is 1.85 bits per heavy atom. The number of aliphatic imine (C=N–C) groups is 1. The normalized spacial score (nSPS) is 9.31. The molecule has 0 atom stereocenters. The van der Waals surface area contributed by atoms with Crippen molar-refractivity contribution in [2.45, 2.75) is 0 Å². The number of carbonyl (C=O) groups is 1. The van der Waals surface area contributed by atoms with Gasteiger partial charge < -0.3 is 4.74 Å². The molecule has 0 saturated heterocycles. The van der Waals surface area contributed by atoms with Gasteiger partial charge in [-0.2, -0.15) is 5.10 Å². The fourth-order valence-corrected chi connectivity index (χ4v) is 0.841. The third-order valence-corrected chi connectivity index (χ3v) is 1.45. The smallest absolute Gasteiger partial charge is 0.358 e. The van der Waals surface area contributed by atoms with E-state index in [0.29, 0.717) is 5.82 Å². The van der Waals surface area contributed by atoms with E-state index in [1.807, 2.05) is 0 Å². The fourth-order valence-electron chi connectivity index (χ4n) is 0.841. The van der Waals surface area contributed by atoms with E-state index in [-0.39, 0.29) is 5.69 Å². The van der Waals surface area contributed by atoms with Gasteiger partial charge in [-0.05, 0) is 6.72 Å². The van der Waals surface area contributed by atoms with Crippen LogP contribution in [0.3, 0.4) is 0 Å². The van der Waals surface area contributed by atoms with Gasteiger partial charge in [-0.1, -0.05) is 6.58 Å². The van der Waals surface area contributed by atoms with Crippen LogP contribution in [0.4, 0.5) is 5.82 Å². The molecule has 0 saturated carbocycles. The van der Waals surface area contributed by atoms with E-state index in [1.165, 1.54) is 24.1 Å². The van der Waals surface area contributed by atoms with E-state index in [0.717, 1.165) is 0 Å². The van der Waals surface area contributed by atoms with Crippen LogP contribution in [0.25, 0.3) is 6.20 Å². The van der Waals surface area contributed by atoms with Gasteiger partial charge in [0.2, 0.25) is 0 Å². The van der Waals surface area contributed by atoms with E-state index in [4.69, 9.17) is 0 Å². The number of nitrogens with zero attached hydrogens (tertiary/aromatic N) is 3. The molecule has 0 unspecified atom stereocenters. The van der Waals surface area contributed by atoms with Gasteiger partial charge in [0.05, 0.1) is 7.11 Å². The first kappa shape index (κ1) is 9.18. The molecule has 0 N–H and O–H groups in total. The van der Waals surface area contributed by atoms with Crippen LogP contribution in [0.5, 0.6) is 0 Å². The molecule has 13 heavy (non-hydrogen) atoms. The summed E-state index contributed by atoms with van der Waals surface area (Å²) in [5, 5.41) is 3.86. The maximum absolute atomic E-state index is 11.0. The average molecular weight is 179 g/mol. The molecule has 0 fully saturated rings. The van der Waals surface area contributed by atoms with E-state index < -0.39 is 5.97 Å². The van der Waals surface area contributed by atoms with Gasteiger partial charge in [0.1, 0.15) is 0 Å². The topological polar surface area (TPSA) is 56.5 Å². The van der Waals surface area contributed by atoms with Crippen molar-refractivity contribution in [3.05, 3.63) is 18.3 Å². The summed E-state index contributed by atoms with van der Waals surface area (Å²) in [6.07, 6.45) is 1.43. The zero-order valence-corrected chi connectivity index (χ0v) is 7.23. The highest BCUT2D eigenvalue weighted by Gasteiger charge is 2.12. The lowest BCUT2D eigenvalue weighted by Gasteiger charge is -1.92. The van der Waals surface area contributed by atoms with Gasteiger partial charge in [0.25, 0.3) is 0 Å². The zero-order valence-electron chi connectivity index (χ0n) is 7.23. The molecule has 1 aromatic heterocycles. The predicted octanol–water partition coefficient (Wildman–Crippen LogP) is 1.10. The second-order valence-electron chi connectivity index (χ2n) is 2.16. The largest absolute Gasteiger partial charge is 0.464 e. The summed E-state index contributed by atoms with van der Waals surface area (Å²) in [5.41, 5.74) is 0.185. The van der Waals surface area contributed by atoms with Crippen molar-refractivity contribution in [3.8, 4) is 0 Å². The van der Waals surface area contributed by atoms with E-state index in [2.05, 4.69) is 28.1 Å². The molecular formula is C8H9N3O2. The summed E-state index contributed by atoms with van der Waals surface area (Å²) in [4.78, 5) is 14.7. The molecule has 0 radical (unpaired) electrons. The molecule has 0 aliphatic rings. The third kappa shape index (κ3) is 1.64. The quantitative estimate of drug-likeness (QED) is 0.515. The number of esters is 1. The van der Waals surface area contributed by atoms with E-state index in [1.54, 1.807) is 0 Å². The molecule has 5 nitrogen and oxygen atoms in total. The van der Waals surface area contributed by atoms with Crippen LogP contribution in [0.15, 0.2) is 17.6 Å². The van der Waals surface area contributed by atoms with Crippen molar-refractivity contribution in [2.24, 2.45) is 4.99 Å². The van der Waals surface area contributed by atoms with Crippen LogP contribution in [0, 0.1) is 0 Å². The number of hydrogen-bond acceptors (Lipinski definition) is 4. The van der Waals surface area contributed by atoms with Crippen molar-refractivity contribution in [1.29, 1.82) is 0 Å². The van der Waals surface area contributed by atoms with Crippen LogP contribution in [0.2, 0.25) is 0 Å². The molecule has 1 aromatic rings. The first-order valence-electron chi connectivity index (χ1n) is 3.50. The monoisotopic (exact) mass is 179 g/mol. The maximum atomic E-state index is 11.0. The van der Waals surface area contributed by atoms with Crippen molar-refractivity contribution in [2.75, 3.05) is 7.11 Å². The third-order valence-electron chi connectivity index (χ3n) is 1.45. The second-order valence-corrected chi connectivity index (χ2v) is 2.16. The van der Waals surface area contributed by atoms with E-state index in [9.17, 15) is 4.79 Å². The van der Waals surface area contributed by atoms with Crippen LogP contribution in [0.1, 0.15) is 10.5 Å². The summed E-state index contributed by atoms with van der Waals surface area (Å²) in [6.45, 7) is 6.83. The molecule has 5 heteroatoms. The van der Waals surface area contributed by atoms with Gasteiger partial charge in [-0.15, -0.1) is 0 Å². The first-order chi connectivity index (χ1) is 6.22. The molecule has 1 rings (SSSR count). The summed E-state index contributed by atoms with van der Waals surface area (Å²) < 4.78 is 5.83. The fraction of sp³-hybridized carbons (Fsp3) is 0.125. The van der Waals surface area contributed by atoms with Crippen molar-refractivity contribution in [3.63, 3.8) is 0 Å². The van der Waals surface area contributed by atoms with Crippen molar-refractivity contribution >= 4 is 24.7 Å². The Bertz CT molecular complexity index is 329. The SMILES string of the molecule is C=Cn1nc(C(=O)OC)cc1N=C. The Labute approximate surface area is 75.3 Å². The second kappa shape index (κ2) is 3.66. The van der Waals surface area contributed by atoms with Gasteiger partial charge in [-0.3, -0.25) is 0 Å². The van der Waals surface area contributed by atoms with Crippen LogP contribution >= 0.6 is 0 Å². The van der Waals surface area contributed by atoms with Crippen LogP contribution < -0.4 is 0 Å². The highest BCUT2D eigenvalue weighted by Crippen LogP contribution is 2.14. The minimum Gasteiger partial charge on any atom is -0.464 e. The van der Waals surface area contributed by atoms with Crippen molar-refractivity contribution < 1.29 is 9.53 Å². The minimum absolute atomic E-state index is 0.185. The highest BCUT2D eigenvalue weighted by molar-refractivity contribution is 5.88. The Hall–Kier alpha value is -1.91. The Kier molecular flexibility index (Phi) is 2.59. The molecule has 1 heterocycles. The molecule has 0 amide bonds. The first-order valence-corrected chi connectivity index (χ1v) is 3.50. The number of methoxy groups -OCH3 is 1. The number of carbonyl (C=O) groups excluding carboxylic acids is 1. The molecule has 68 valence electrons. The maximum Gasteiger partial charge on any atom is 0.358 e. The molecule has 0 aromatic carbocycles. The van der Waals surface area contributed by atoms with E-state index >= 15 is 0 Å². The predicted molar refractivity (Wildman–Crippen MR) is 49.2 cm³/mol. The van der Waals surface area contributed by atoms with Gasteiger partial charge in [0, 0.05) is 12.3 Å². The highest BCUT2D eigenvalue weighted by atomic mass is 16.5. The number of ether oxygens (including phenoxy) is 1. The molecule has 0 bridgehead atoms. The Morgan fingerprint density at radius 2 is 2.54 bits per heavy atom. The van der Waals surface area contributed by atoms with Crippen molar-refractivity contribution in [1.82, 2.24) is 9.78 Å².